The zero-order chi connectivity index (χ0) is 27.2. The van der Waals surface area contributed by atoms with Gasteiger partial charge in [-0.15, -0.1) is 11.3 Å². The second-order valence-electron chi connectivity index (χ2n) is 8.63. The topological polar surface area (TPSA) is 124 Å². The molecule has 0 saturated heterocycles. The molecule has 4 aromatic rings. The van der Waals surface area contributed by atoms with E-state index in [1.165, 1.54) is 0 Å². The van der Waals surface area contributed by atoms with E-state index in [0.717, 1.165) is 36.3 Å². The van der Waals surface area contributed by atoms with Crippen LogP contribution in [0.15, 0.2) is 42.7 Å². The predicted octanol–water partition coefficient (Wildman–Crippen LogP) is 4.68. The number of amides is 1. The number of unbranched alkanes of at least 4 members (excludes halogenated alkanes) is 1. The number of halogens is 2. The normalized spacial score (nSPS) is 12.3. The number of carbonyl (C=O) groups excluding carboxylic acids is 1. The fourth-order valence-corrected chi connectivity index (χ4v) is 4.77. The standard InChI is InChI=1S/C26H29F2N5O4S/c1-3-4-9-30-11-16-5-7-18(20(10-16)37-26(27)28)15(2)36-24-22(23(29)35)38-25(32-24)19-12-31-21-8-6-17(14-34)13-33(19)21/h5-8,10,12-13,15,26,30,34H,3-4,9,11,14H2,1-2H3,(H2,29,35). The SMILES string of the molecule is CCCCNCc1ccc(C(C)Oc2nc(-c3cnc4ccc(CO)cn34)sc2C(N)=O)c(OC(F)F)c1. The summed E-state index contributed by atoms with van der Waals surface area (Å²) < 4.78 is 39.0. The smallest absolute Gasteiger partial charge is 0.387 e. The molecule has 9 nitrogen and oxygen atoms in total. The van der Waals surface area contributed by atoms with E-state index in [9.17, 15) is 18.7 Å². The number of pyridine rings is 1. The number of nitrogens with two attached hydrogens (primary N) is 1. The number of carbonyl (C=O) groups is 1. The second-order valence-corrected chi connectivity index (χ2v) is 9.62. The third-order valence-electron chi connectivity index (χ3n) is 5.85. The number of aromatic nitrogens is 3. The highest BCUT2D eigenvalue weighted by Crippen LogP contribution is 2.37. The Morgan fingerprint density at radius 1 is 1.24 bits per heavy atom. The molecule has 202 valence electrons. The average Bonchev–Trinajstić information content (AvgIpc) is 3.50. The first-order chi connectivity index (χ1) is 18.3. The molecule has 0 aliphatic carbocycles. The first-order valence-corrected chi connectivity index (χ1v) is 12.9. The van der Waals surface area contributed by atoms with Gasteiger partial charge >= 0.3 is 6.61 Å². The van der Waals surface area contributed by atoms with Crippen molar-refractivity contribution < 1.29 is 28.2 Å². The van der Waals surface area contributed by atoms with Crippen molar-refractivity contribution in [2.24, 2.45) is 5.73 Å². The van der Waals surface area contributed by atoms with Crippen LogP contribution in [0.5, 0.6) is 11.6 Å². The predicted molar refractivity (Wildman–Crippen MR) is 139 cm³/mol. The van der Waals surface area contributed by atoms with Crippen molar-refractivity contribution in [3.8, 4) is 22.3 Å². The summed E-state index contributed by atoms with van der Waals surface area (Å²) >= 11 is 1.03. The van der Waals surface area contributed by atoms with E-state index in [1.54, 1.807) is 48.0 Å². The Labute approximate surface area is 222 Å². The highest BCUT2D eigenvalue weighted by atomic mass is 32.1. The highest BCUT2D eigenvalue weighted by molar-refractivity contribution is 7.17. The molecule has 12 heteroatoms. The van der Waals surface area contributed by atoms with Gasteiger partial charge < -0.3 is 25.6 Å². The summed E-state index contributed by atoms with van der Waals surface area (Å²) in [5.74, 6) is -0.776. The lowest BCUT2D eigenvalue weighted by Crippen LogP contribution is -2.16. The molecule has 1 aromatic carbocycles. The van der Waals surface area contributed by atoms with Crippen molar-refractivity contribution in [3.63, 3.8) is 0 Å². The molecular formula is C26H29F2N5O4S. The number of nitrogens with one attached hydrogen (secondary N) is 1. The third-order valence-corrected chi connectivity index (χ3v) is 6.92. The molecule has 1 atom stereocenters. The van der Waals surface area contributed by atoms with Crippen LogP contribution in [0.1, 0.15) is 59.2 Å². The number of benzene rings is 1. The number of aliphatic hydroxyl groups excluding tert-OH is 1. The van der Waals surface area contributed by atoms with Crippen molar-refractivity contribution in [1.82, 2.24) is 19.7 Å². The molecule has 0 aliphatic rings. The van der Waals surface area contributed by atoms with E-state index in [0.29, 0.717) is 34.0 Å². The lowest BCUT2D eigenvalue weighted by Gasteiger charge is -2.19. The Morgan fingerprint density at radius 3 is 2.74 bits per heavy atom. The molecule has 0 bridgehead atoms. The van der Waals surface area contributed by atoms with Crippen LogP contribution >= 0.6 is 11.3 Å². The van der Waals surface area contributed by atoms with Gasteiger partial charge in [0.15, 0.2) is 4.88 Å². The average molecular weight is 546 g/mol. The van der Waals surface area contributed by atoms with Crippen LogP contribution < -0.4 is 20.5 Å². The molecule has 1 amide bonds. The number of primary amides is 1. The van der Waals surface area contributed by atoms with Crippen LogP contribution in [0.3, 0.4) is 0 Å². The molecule has 0 fully saturated rings. The summed E-state index contributed by atoms with van der Waals surface area (Å²) in [5.41, 5.74) is 8.63. The molecule has 0 spiro atoms. The van der Waals surface area contributed by atoms with E-state index in [1.807, 2.05) is 6.07 Å². The quantitative estimate of drug-likeness (QED) is 0.208. The molecule has 0 radical (unpaired) electrons. The van der Waals surface area contributed by atoms with Crippen LogP contribution in [0, 0.1) is 0 Å². The van der Waals surface area contributed by atoms with Gasteiger partial charge in [0, 0.05) is 18.3 Å². The van der Waals surface area contributed by atoms with Crippen LogP contribution in [0.2, 0.25) is 0 Å². The summed E-state index contributed by atoms with van der Waals surface area (Å²) in [6.45, 7) is 1.90. The molecule has 0 saturated carbocycles. The Balaban J connectivity index is 1.62. The van der Waals surface area contributed by atoms with Gasteiger partial charge in [0.25, 0.3) is 5.91 Å². The van der Waals surface area contributed by atoms with Gasteiger partial charge in [0.05, 0.1) is 12.8 Å². The Kier molecular flexibility index (Phi) is 8.87. The number of hydrogen-bond acceptors (Lipinski definition) is 8. The van der Waals surface area contributed by atoms with Gasteiger partial charge in [0.2, 0.25) is 5.88 Å². The van der Waals surface area contributed by atoms with E-state index in [4.69, 9.17) is 15.2 Å². The maximum Gasteiger partial charge on any atom is 0.387 e. The molecule has 0 aliphatic heterocycles. The van der Waals surface area contributed by atoms with Gasteiger partial charge in [-0.3, -0.25) is 9.20 Å². The number of fused-ring (bicyclic) bond motifs is 1. The lowest BCUT2D eigenvalue weighted by atomic mass is 10.1. The molecular weight excluding hydrogens is 516 g/mol. The molecule has 4 N–H and O–H groups in total. The fourth-order valence-electron chi connectivity index (χ4n) is 3.92. The first kappa shape index (κ1) is 27.4. The number of nitrogens with zero attached hydrogens (tertiary/aromatic N) is 3. The summed E-state index contributed by atoms with van der Waals surface area (Å²) in [6.07, 6.45) is 4.59. The van der Waals surface area contributed by atoms with Crippen LogP contribution in [-0.2, 0) is 13.2 Å². The monoisotopic (exact) mass is 545 g/mol. The largest absolute Gasteiger partial charge is 0.468 e. The van der Waals surface area contributed by atoms with Gasteiger partial charge in [-0.05, 0) is 43.1 Å². The minimum atomic E-state index is -3.02. The summed E-state index contributed by atoms with van der Waals surface area (Å²) in [4.78, 5) is 21.1. The molecule has 3 heterocycles. The number of ether oxygens (including phenoxy) is 2. The number of hydrogen-bond donors (Lipinski definition) is 3. The van der Waals surface area contributed by atoms with Crippen molar-refractivity contribution >= 4 is 22.9 Å². The van der Waals surface area contributed by atoms with Gasteiger partial charge in [0.1, 0.15) is 28.2 Å². The van der Waals surface area contributed by atoms with Crippen molar-refractivity contribution in [2.75, 3.05) is 6.54 Å². The van der Waals surface area contributed by atoms with E-state index in [2.05, 4.69) is 22.2 Å². The van der Waals surface area contributed by atoms with Crippen LogP contribution in [0.25, 0.3) is 16.3 Å². The number of aliphatic hydroxyl groups is 1. The Morgan fingerprint density at radius 2 is 2.03 bits per heavy atom. The number of rotatable bonds is 13. The Bertz CT molecular complexity index is 1410. The maximum atomic E-state index is 13.2. The third kappa shape index (κ3) is 6.26. The maximum absolute atomic E-state index is 13.2. The second kappa shape index (κ2) is 12.3. The number of alkyl halides is 2. The Hall–Kier alpha value is -3.61. The zero-order valence-electron chi connectivity index (χ0n) is 21.0. The minimum Gasteiger partial charge on any atom is -0.468 e. The van der Waals surface area contributed by atoms with Crippen molar-refractivity contribution in [2.45, 2.75) is 52.6 Å². The summed E-state index contributed by atoms with van der Waals surface area (Å²) in [5, 5.41) is 13.2. The molecule has 38 heavy (non-hydrogen) atoms. The van der Waals surface area contributed by atoms with E-state index < -0.39 is 18.6 Å². The fraction of sp³-hybridized carbons (Fsp3) is 0.346. The van der Waals surface area contributed by atoms with Gasteiger partial charge in [-0.25, -0.2) is 4.98 Å². The van der Waals surface area contributed by atoms with E-state index in [-0.39, 0.29) is 23.1 Å². The number of thiazole rings is 1. The molecule has 1 unspecified atom stereocenters. The minimum absolute atomic E-state index is 0.0170. The van der Waals surface area contributed by atoms with Crippen molar-refractivity contribution in [1.29, 1.82) is 0 Å². The van der Waals surface area contributed by atoms with Crippen LogP contribution in [-0.4, -0.2) is 38.5 Å². The molecule has 3 aromatic heterocycles. The highest BCUT2D eigenvalue weighted by Gasteiger charge is 2.24. The zero-order valence-corrected chi connectivity index (χ0v) is 21.8. The van der Waals surface area contributed by atoms with Crippen molar-refractivity contribution in [3.05, 3.63) is 64.3 Å². The van der Waals surface area contributed by atoms with Gasteiger partial charge in [-0.2, -0.15) is 13.8 Å². The van der Waals surface area contributed by atoms with E-state index >= 15 is 0 Å². The lowest BCUT2D eigenvalue weighted by molar-refractivity contribution is -0.0513. The summed E-state index contributed by atoms with van der Waals surface area (Å²) in [6, 6.07) is 8.54. The first-order valence-electron chi connectivity index (χ1n) is 12.1. The van der Waals surface area contributed by atoms with Gasteiger partial charge in [-0.1, -0.05) is 31.5 Å². The molecule has 4 rings (SSSR count). The van der Waals surface area contributed by atoms with Crippen LogP contribution in [0.4, 0.5) is 8.78 Å². The summed E-state index contributed by atoms with van der Waals surface area (Å²) in [7, 11) is 0. The number of imidazole rings is 1.